The molecule has 0 saturated carbocycles. The molecule has 0 saturated heterocycles. The van der Waals surface area contributed by atoms with Crippen LogP contribution in [0.15, 0.2) is 29.1 Å². The Kier molecular flexibility index (Phi) is 4.98. The third-order valence-corrected chi connectivity index (χ3v) is 3.10. The van der Waals surface area contributed by atoms with E-state index in [9.17, 15) is 0 Å². The predicted molar refractivity (Wildman–Crippen MR) is 81.0 cm³/mol. The smallest absolute Gasteiger partial charge is 0.134 e. The molecule has 5 heteroatoms. The van der Waals surface area contributed by atoms with Crippen molar-refractivity contribution in [1.82, 2.24) is 9.97 Å². The number of aromatic nitrogens is 2. The van der Waals surface area contributed by atoms with Gasteiger partial charge in [0.15, 0.2) is 0 Å². The van der Waals surface area contributed by atoms with E-state index in [2.05, 4.69) is 34.4 Å². The monoisotopic (exact) mass is 274 g/mol. The summed E-state index contributed by atoms with van der Waals surface area (Å²) in [5.41, 5.74) is 1.05. The molecular formula is C15H22N4O. The molecule has 2 aromatic rings. The number of nitrogens with one attached hydrogen (secondary N) is 2. The van der Waals surface area contributed by atoms with Crippen molar-refractivity contribution in [3.05, 3.63) is 36.0 Å². The number of nitrogens with zero attached hydrogens (tertiary/aromatic N) is 2. The lowest BCUT2D eigenvalue weighted by Crippen LogP contribution is -2.20. The van der Waals surface area contributed by atoms with Crippen molar-refractivity contribution in [1.29, 1.82) is 0 Å². The molecule has 2 heterocycles. The molecule has 0 aromatic carbocycles. The Hall–Kier alpha value is -2.04. The van der Waals surface area contributed by atoms with Gasteiger partial charge in [-0.2, -0.15) is 0 Å². The molecular weight excluding hydrogens is 252 g/mol. The third kappa shape index (κ3) is 3.73. The first-order valence-electron chi connectivity index (χ1n) is 7.05. The summed E-state index contributed by atoms with van der Waals surface area (Å²) < 4.78 is 5.36. The topological polar surface area (TPSA) is 63.0 Å². The number of hydrogen-bond donors (Lipinski definition) is 2. The molecule has 0 amide bonds. The van der Waals surface area contributed by atoms with Crippen LogP contribution < -0.4 is 10.6 Å². The maximum Gasteiger partial charge on any atom is 0.134 e. The highest BCUT2D eigenvalue weighted by molar-refractivity contribution is 5.56. The van der Waals surface area contributed by atoms with Crippen molar-refractivity contribution in [2.45, 2.75) is 39.7 Å². The molecule has 0 aliphatic heterocycles. The van der Waals surface area contributed by atoms with Gasteiger partial charge in [0.05, 0.1) is 6.26 Å². The van der Waals surface area contributed by atoms with E-state index < -0.39 is 0 Å². The molecule has 1 unspecified atom stereocenters. The maximum absolute atomic E-state index is 5.36. The second-order valence-electron chi connectivity index (χ2n) is 4.95. The van der Waals surface area contributed by atoms with Crippen molar-refractivity contribution in [2.75, 3.05) is 17.2 Å². The fourth-order valence-electron chi connectivity index (χ4n) is 2.03. The normalized spacial score (nSPS) is 12.2. The van der Waals surface area contributed by atoms with E-state index in [4.69, 9.17) is 4.42 Å². The van der Waals surface area contributed by atoms with Crippen LogP contribution in [0.4, 0.5) is 11.6 Å². The Morgan fingerprint density at radius 3 is 2.80 bits per heavy atom. The Morgan fingerprint density at radius 2 is 2.10 bits per heavy atom. The molecule has 0 fully saturated rings. The summed E-state index contributed by atoms with van der Waals surface area (Å²) >= 11 is 0. The van der Waals surface area contributed by atoms with Crippen LogP contribution in [0, 0.1) is 6.92 Å². The van der Waals surface area contributed by atoms with Gasteiger partial charge in [0.2, 0.25) is 0 Å². The number of hydrogen-bond acceptors (Lipinski definition) is 5. The molecule has 0 aliphatic rings. The van der Waals surface area contributed by atoms with Crippen molar-refractivity contribution >= 4 is 11.6 Å². The van der Waals surface area contributed by atoms with Gasteiger partial charge >= 0.3 is 0 Å². The fourth-order valence-corrected chi connectivity index (χ4v) is 2.03. The molecule has 0 bridgehead atoms. The lowest BCUT2D eigenvalue weighted by molar-refractivity contribution is 0.497. The average Bonchev–Trinajstić information content (AvgIpc) is 2.92. The lowest BCUT2D eigenvalue weighted by Gasteiger charge is -2.16. The predicted octanol–water partition coefficient (Wildman–Crippen LogP) is 3.24. The highest BCUT2D eigenvalue weighted by Crippen LogP contribution is 2.19. The second-order valence-corrected chi connectivity index (χ2v) is 4.95. The molecule has 2 aromatic heterocycles. The van der Waals surface area contributed by atoms with Crippen molar-refractivity contribution in [3.8, 4) is 0 Å². The van der Waals surface area contributed by atoms with Gasteiger partial charge in [0.1, 0.15) is 23.7 Å². The molecule has 2 rings (SSSR count). The van der Waals surface area contributed by atoms with Crippen molar-refractivity contribution in [3.63, 3.8) is 0 Å². The molecule has 108 valence electrons. The van der Waals surface area contributed by atoms with E-state index in [1.807, 2.05) is 19.1 Å². The highest BCUT2D eigenvalue weighted by Gasteiger charge is 2.10. The van der Waals surface area contributed by atoms with Gasteiger partial charge in [-0.05, 0) is 32.4 Å². The molecule has 5 nitrogen and oxygen atoms in total. The zero-order valence-corrected chi connectivity index (χ0v) is 12.3. The minimum atomic E-state index is 0.244. The quantitative estimate of drug-likeness (QED) is 0.811. The third-order valence-electron chi connectivity index (χ3n) is 3.10. The average molecular weight is 274 g/mol. The van der Waals surface area contributed by atoms with Crippen molar-refractivity contribution in [2.24, 2.45) is 0 Å². The number of anilines is 2. The lowest BCUT2D eigenvalue weighted by atomic mass is 10.2. The van der Waals surface area contributed by atoms with Crippen LogP contribution in [0.25, 0.3) is 0 Å². The van der Waals surface area contributed by atoms with E-state index in [0.29, 0.717) is 0 Å². The van der Waals surface area contributed by atoms with E-state index in [1.165, 1.54) is 0 Å². The first kappa shape index (κ1) is 14.4. The fraction of sp³-hybridized carbons (Fsp3) is 0.467. The maximum atomic E-state index is 5.36. The van der Waals surface area contributed by atoms with E-state index in [-0.39, 0.29) is 6.04 Å². The van der Waals surface area contributed by atoms with Crippen LogP contribution in [-0.4, -0.2) is 22.6 Å². The first-order chi connectivity index (χ1) is 9.70. The van der Waals surface area contributed by atoms with Crippen LogP contribution in [0.1, 0.15) is 31.6 Å². The SMILES string of the molecule is CCCNc1ncnc(NC(C)Cc2ccco2)c1C. The highest BCUT2D eigenvalue weighted by atomic mass is 16.3. The summed E-state index contributed by atoms with van der Waals surface area (Å²) in [4.78, 5) is 8.60. The zero-order valence-electron chi connectivity index (χ0n) is 12.3. The summed E-state index contributed by atoms with van der Waals surface area (Å²) in [7, 11) is 0. The standard InChI is InChI=1S/C15H22N4O/c1-4-7-16-14-12(3)15(18-10-17-14)19-11(2)9-13-6-5-8-20-13/h5-6,8,10-11H,4,7,9H2,1-3H3,(H2,16,17,18,19). The Bertz CT molecular complexity index is 525. The van der Waals surface area contributed by atoms with Gasteiger partial charge in [-0.25, -0.2) is 9.97 Å². The van der Waals surface area contributed by atoms with E-state index in [0.717, 1.165) is 42.3 Å². The van der Waals surface area contributed by atoms with Gasteiger partial charge in [0.25, 0.3) is 0 Å². The molecule has 0 radical (unpaired) electrons. The van der Waals surface area contributed by atoms with Crippen LogP contribution in [0.3, 0.4) is 0 Å². The van der Waals surface area contributed by atoms with E-state index >= 15 is 0 Å². The summed E-state index contributed by atoms with van der Waals surface area (Å²) in [6.45, 7) is 7.19. The molecule has 2 N–H and O–H groups in total. The summed E-state index contributed by atoms with van der Waals surface area (Å²) in [5, 5.41) is 6.73. The van der Waals surface area contributed by atoms with Gasteiger partial charge in [-0.3, -0.25) is 0 Å². The second kappa shape index (κ2) is 6.93. The van der Waals surface area contributed by atoms with E-state index in [1.54, 1.807) is 12.6 Å². The number of rotatable bonds is 7. The van der Waals surface area contributed by atoms with Gasteiger partial charge in [-0.1, -0.05) is 6.92 Å². The van der Waals surface area contributed by atoms with Gasteiger partial charge in [0, 0.05) is 24.6 Å². The number of furan rings is 1. The van der Waals surface area contributed by atoms with Crippen molar-refractivity contribution < 1.29 is 4.42 Å². The Balaban J connectivity index is 2.01. The minimum absolute atomic E-state index is 0.244. The first-order valence-corrected chi connectivity index (χ1v) is 7.05. The van der Waals surface area contributed by atoms with Crippen LogP contribution in [-0.2, 0) is 6.42 Å². The van der Waals surface area contributed by atoms with Crippen LogP contribution in [0.5, 0.6) is 0 Å². The molecule has 0 aliphatic carbocycles. The summed E-state index contributed by atoms with van der Waals surface area (Å²) in [6.07, 6.45) is 5.19. The minimum Gasteiger partial charge on any atom is -0.469 e. The van der Waals surface area contributed by atoms with Crippen LogP contribution in [0.2, 0.25) is 0 Å². The Morgan fingerprint density at radius 1 is 1.30 bits per heavy atom. The zero-order chi connectivity index (χ0) is 14.4. The van der Waals surface area contributed by atoms with Crippen LogP contribution >= 0.6 is 0 Å². The molecule has 1 atom stereocenters. The Labute approximate surface area is 119 Å². The summed E-state index contributed by atoms with van der Waals surface area (Å²) in [6, 6.07) is 4.14. The van der Waals surface area contributed by atoms with Gasteiger partial charge < -0.3 is 15.1 Å². The molecule has 0 spiro atoms. The van der Waals surface area contributed by atoms with Gasteiger partial charge in [-0.15, -0.1) is 0 Å². The molecule has 20 heavy (non-hydrogen) atoms. The largest absolute Gasteiger partial charge is 0.469 e. The summed E-state index contributed by atoms with van der Waals surface area (Å²) in [5.74, 6) is 2.74.